The van der Waals surface area contributed by atoms with E-state index in [2.05, 4.69) is 9.62 Å². The minimum atomic E-state index is -3.76. The minimum Gasteiger partial charge on any atom is -0.379 e. The summed E-state index contributed by atoms with van der Waals surface area (Å²) in [7, 11) is -3.76. The Hall–Kier alpha value is -0.0800. The fourth-order valence-electron chi connectivity index (χ4n) is 2.19. The van der Waals surface area contributed by atoms with Crippen LogP contribution in [-0.4, -0.2) is 52.7 Å². The highest BCUT2D eigenvalue weighted by atomic mass is 35.5. The first-order valence-electron chi connectivity index (χ1n) is 6.84. The maximum Gasteiger partial charge on any atom is 0.243 e. The van der Waals surface area contributed by atoms with Gasteiger partial charge in [0.25, 0.3) is 0 Å². The molecule has 0 atom stereocenters. The van der Waals surface area contributed by atoms with Gasteiger partial charge in [-0.25, -0.2) is 13.1 Å². The third-order valence-corrected chi connectivity index (χ3v) is 5.88. The fraction of sp³-hybridized carbons (Fsp3) is 0.538. The Balaban J connectivity index is 1.91. The summed E-state index contributed by atoms with van der Waals surface area (Å²) >= 11 is 17.7. The van der Waals surface area contributed by atoms with Gasteiger partial charge in [-0.2, -0.15) is 0 Å². The summed E-state index contributed by atoms with van der Waals surface area (Å²) in [5.74, 6) is 0. The van der Waals surface area contributed by atoms with E-state index in [1.807, 2.05) is 0 Å². The van der Waals surface area contributed by atoms with E-state index in [9.17, 15) is 8.42 Å². The van der Waals surface area contributed by atoms with Crippen LogP contribution in [0.1, 0.15) is 6.42 Å². The zero-order valence-corrected chi connectivity index (χ0v) is 14.9. The molecule has 1 fully saturated rings. The molecule has 2 rings (SSSR count). The molecule has 1 N–H and O–H groups in total. The zero-order chi connectivity index (χ0) is 16.2. The Kier molecular flexibility index (Phi) is 6.76. The summed E-state index contributed by atoms with van der Waals surface area (Å²) in [5.41, 5.74) is 0. The molecule has 0 radical (unpaired) electrons. The molecular formula is C13H17Cl3N2O3S. The lowest BCUT2D eigenvalue weighted by Gasteiger charge is -2.26. The van der Waals surface area contributed by atoms with E-state index in [1.165, 1.54) is 12.1 Å². The van der Waals surface area contributed by atoms with Crippen molar-refractivity contribution in [2.45, 2.75) is 11.3 Å². The van der Waals surface area contributed by atoms with Crippen LogP contribution in [0.4, 0.5) is 0 Å². The average molecular weight is 388 g/mol. The molecule has 22 heavy (non-hydrogen) atoms. The largest absolute Gasteiger partial charge is 0.379 e. The standard InChI is InChI=1S/C13H17Cl3N2O3S/c14-10-8-11(15)13(12(16)9-10)22(19,20)17-2-1-3-18-4-6-21-7-5-18/h8-9,17H,1-7H2. The first-order chi connectivity index (χ1) is 10.4. The fourth-order valence-corrected chi connectivity index (χ4v) is 4.81. The zero-order valence-electron chi connectivity index (χ0n) is 11.8. The Morgan fingerprint density at radius 1 is 1.14 bits per heavy atom. The SMILES string of the molecule is O=S(=O)(NCCCN1CCOCC1)c1c(Cl)cc(Cl)cc1Cl. The number of nitrogens with zero attached hydrogens (tertiary/aromatic N) is 1. The van der Waals surface area contributed by atoms with Crippen LogP contribution < -0.4 is 4.72 Å². The van der Waals surface area contributed by atoms with E-state index in [4.69, 9.17) is 39.5 Å². The van der Waals surface area contributed by atoms with Crippen LogP contribution >= 0.6 is 34.8 Å². The molecule has 0 unspecified atom stereocenters. The Morgan fingerprint density at radius 3 is 2.32 bits per heavy atom. The number of sulfonamides is 1. The number of halogens is 3. The van der Waals surface area contributed by atoms with Gasteiger partial charge in [0.1, 0.15) is 4.90 Å². The molecule has 1 aliphatic heterocycles. The van der Waals surface area contributed by atoms with Crippen molar-refractivity contribution < 1.29 is 13.2 Å². The number of hydrogen-bond donors (Lipinski definition) is 1. The first-order valence-corrected chi connectivity index (χ1v) is 9.46. The molecule has 1 aliphatic rings. The summed E-state index contributed by atoms with van der Waals surface area (Å²) in [6, 6.07) is 2.72. The molecule has 1 aromatic rings. The van der Waals surface area contributed by atoms with E-state index in [0.717, 1.165) is 32.8 Å². The molecule has 9 heteroatoms. The predicted octanol–water partition coefficient (Wildman–Crippen LogP) is 2.65. The van der Waals surface area contributed by atoms with Crippen LogP contribution in [0.25, 0.3) is 0 Å². The first kappa shape index (κ1) is 18.3. The van der Waals surface area contributed by atoms with Crippen LogP contribution in [0.15, 0.2) is 17.0 Å². The molecule has 1 heterocycles. The van der Waals surface area contributed by atoms with Crippen molar-refractivity contribution in [2.75, 3.05) is 39.4 Å². The van der Waals surface area contributed by atoms with E-state index in [1.54, 1.807) is 0 Å². The molecule has 1 aromatic carbocycles. The van der Waals surface area contributed by atoms with Crippen molar-refractivity contribution in [1.29, 1.82) is 0 Å². The molecule has 0 saturated carbocycles. The summed E-state index contributed by atoms with van der Waals surface area (Å²) < 4.78 is 32.3. The Bertz CT molecular complexity index is 596. The topological polar surface area (TPSA) is 58.6 Å². The number of morpholine rings is 1. The molecule has 0 aliphatic carbocycles. The van der Waals surface area contributed by atoms with Crippen molar-refractivity contribution in [3.8, 4) is 0 Å². The number of hydrogen-bond acceptors (Lipinski definition) is 4. The summed E-state index contributed by atoms with van der Waals surface area (Å²) in [5, 5.41) is 0.317. The molecule has 1 saturated heterocycles. The summed E-state index contributed by atoms with van der Waals surface area (Å²) in [6.45, 7) is 4.33. The molecule has 0 spiro atoms. The summed E-state index contributed by atoms with van der Waals surface area (Å²) in [4.78, 5) is 2.10. The second kappa shape index (κ2) is 8.15. The number of nitrogens with one attached hydrogen (secondary N) is 1. The lowest BCUT2D eigenvalue weighted by Crippen LogP contribution is -2.38. The van der Waals surface area contributed by atoms with Gasteiger partial charge in [0.15, 0.2) is 0 Å². The van der Waals surface area contributed by atoms with E-state index in [-0.39, 0.29) is 14.9 Å². The number of ether oxygens (including phenoxy) is 1. The van der Waals surface area contributed by atoms with Crippen molar-refractivity contribution >= 4 is 44.8 Å². The third kappa shape index (κ3) is 4.96. The van der Waals surface area contributed by atoms with Crippen molar-refractivity contribution in [1.82, 2.24) is 9.62 Å². The molecule has 124 valence electrons. The van der Waals surface area contributed by atoms with Gasteiger partial charge in [0.2, 0.25) is 10.0 Å². The van der Waals surface area contributed by atoms with Crippen LogP contribution in [0.5, 0.6) is 0 Å². The lowest BCUT2D eigenvalue weighted by atomic mass is 10.3. The van der Waals surface area contributed by atoms with Gasteiger partial charge in [-0.1, -0.05) is 34.8 Å². The second-order valence-electron chi connectivity index (χ2n) is 4.90. The molecule has 0 amide bonds. The molecule has 0 bridgehead atoms. The number of rotatable bonds is 6. The predicted molar refractivity (Wildman–Crippen MR) is 88.5 cm³/mol. The van der Waals surface area contributed by atoms with Crippen LogP contribution in [0.3, 0.4) is 0 Å². The van der Waals surface area contributed by atoms with Gasteiger partial charge in [-0.3, -0.25) is 4.90 Å². The van der Waals surface area contributed by atoms with Crippen LogP contribution in [0.2, 0.25) is 15.1 Å². The minimum absolute atomic E-state index is 0.0122. The quantitative estimate of drug-likeness (QED) is 0.762. The van der Waals surface area contributed by atoms with E-state index < -0.39 is 10.0 Å². The summed E-state index contributed by atoms with van der Waals surface area (Å²) in [6.07, 6.45) is 0.696. The van der Waals surface area contributed by atoms with Crippen LogP contribution in [-0.2, 0) is 14.8 Å². The van der Waals surface area contributed by atoms with Crippen molar-refractivity contribution in [2.24, 2.45) is 0 Å². The highest BCUT2D eigenvalue weighted by Gasteiger charge is 2.22. The maximum atomic E-state index is 12.3. The highest BCUT2D eigenvalue weighted by Crippen LogP contribution is 2.32. The van der Waals surface area contributed by atoms with Gasteiger partial charge < -0.3 is 4.74 Å². The Labute approximate surface area is 145 Å². The van der Waals surface area contributed by atoms with Gasteiger partial charge in [-0.05, 0) is 25.1 Å². The number of benzene rings is 1. The van der Waals surface area contributed by atoms with Crippen molar-refractivity contribution in [3.05, 3.63) is 27.2 Å². The smallest absolute Gasteiger partial charge is 0.243 e. The third-order valence-electron chi connectivity index (χ3n) is 3.28. The van der Waals surface area contributed by atoms with Crippen molar-refractivity contribution in [3.63, 3.8) is 0 Å². The average Bonchev–Trinajstić information content (AvgIpc) is 2.43. The van der Waals surface area contributed by atoms with E-state index >= 15 is 0 Å². The normalized spacial score (nSPS) is 16.9. The maximum absolute atomic E-state index is 12.3. The van der Waals surface area contributed by atoms with Gasteiger partial charge in [0.05, 0.1) is 23.3 Å². The monoisotopic (exact) mass is 386 g/mol. The molecule has 0 aromatic heterocycles. The molecule has 5 nitrogen and oxygen atoms in total. The lowest BCUT2D eigenvalue weighted by molar-refractivity contribution is 0.0376. The van der Waals surface area contributed by atoms with Gasteiger partial charge >= 0.3 is 0 Å². The van der Waals surface area contributed by atoms with Gasteiger partial charge in [0, 0.05) is 24.7 Å². The van der Waals surface area contributed by atoms with Crippen LogP contribution in [0, 0.1) is 0 Å². The van der Waals surface area contributed by atoms with Gasteiger partial charge in [-0.15, -0.1) is 0 Å². The van der Waals surface area contributed by atoms with E-state index in [0.29, 0.717) is 18.0 Å². The Morgan fingerprint density at radius 2 is 1.73 bits per heavy atom. The highest BCUT2D eigenvalue weighted by molar-refractivity contribution is 7.89. The molecular weight excluding hydrogens is 371 g/mol. The second-order valence-corrected chi connectivity index (χ2v) is 7.86.